The summed E-state index contributed by atoms with van der Waals surface area (Å²) in [5.74, 6) is 0.192. The van der Waals surface area contributed by atoms with Crippen molar-refractivity contribution in [3.8, 4) is 5.75 Å². The summed E-state index contributed by atoms with van der Waals surface area (Å²) in [6, 6.07) is 6.66. The van der Waals surface area contributed by atoms with Gasteiger partial charge in [-0.05, 0) is 37.0 Å². The molecule has 1 aromatic carbocycles. The predicted octanol–water partition coefficient (Wildman–Crippen LogP) is 0.932. The number of carbonyl (C=O) groups excluding carboxylic acids is 1. The highest BCUT2D eigenvalue weighted by Gasteiger charge is 2.32. The maximum Gasteiger partial charge on any atom is 0.224 e. The zero-order valence-corrected chi connectivity index (χ0v) is 9.78. The first-order valence-corrected chi connectivity index (χ1v) is 5.91. The van der Waals surface area contributed by atoms with Crippen LogP contribution in [0.5, 0.6) is 5.75 Å². The van der Waals surface area contributed by atoms with Gasteiger partial charge in [-0.3, -0.25) is 4.79 Å². The van der Waals surface area contributed by atoms with Crippen LogP contribution in [0.3, 0.4) is 0 Å². The Labute approximate surface area is 101 Å². The summed E-state index contributed by atoms with van der Waals surface area (Å²) < 4.78 is 0. The van der Waals surface area contributed by atoms with E-state index in [0.29, 0.717) is 13.0 Å². The smallest absolute Gasteiger partial charge is 0.224 e. The van der Waals surface area contributed by atoms with Gasteiger partial charge in [0.1, 0.15) is 5.75 Å². The fraction of sp³-hybridized carbons (Fsp3) is 0.462. The Morgan fingerprint density at radius 3 is 2.53 bits per heavy atom. The number of aromatic hydroxyl groups is 1. The van der Waals surface area contributed by atoms with Crippen LogP contribution in [-0.2, 0) is 11.2 Å². The maximum atomic E-state index is 11.7. The molecule has 2 rings (SSSR count). The van der Waals surface area contributed by atoms with Crippen LogP contribution in [0.15, 0.2) is 24.3 Å². The van der Waals surface area contributed by atoms with Gasteiger partial charge in [0, 0.05) is 12.1 Å². The Morgan fingerprint density at radius 1 is 1.35 bits per heavy atom. The third-order valence-corrected chi connectivity index (χ3v) is 3.29. The summed E-state index contributed by atoms with van der Waals surface area (Å²) >= 11 is 0. The van der Waals surface area contributed by atoms with Gasteiger partial charge < -0.3 is 16.2 Å². The van der Waals surface area contributed by atoms with Crippen molar-refractivity contribution < 1.29 is 9.90 Å². The van der Waals surface area contributed by atoms with Crippen LogP contribution < -0.4 is 11.1 Å². The SMILES string of the molecule is NC1(CNC(=O)Cc2ccc(O)cc2)CCC1. The van der Waals surface area contributed by atoms with Crippen LogP contribution in [0.1, 0.15) is 24.8 Å². The van der Waals surface area contributed by atoms with Gasteiger partial charge in [0.25, 0.3) is 0 Å². The summed E-state index contributed by atoms with van der Waals surface area (Å²) in [5.41, 5.74) is 6.73. The molecule has 0 saturated heterocycles. The minimum Gasteiger partial charge on any atom is -0.508 e. The molecule has 92 valence electrons. The largest absolute Gasteiger partial charge is 0.508 e. The number of carbonyl (C=O) groups is 1. The van der Waals surface area contributed by atoms with Crippen LogP contribution in [0.25, 0.3) is 0 Å². The van der Waals surface area contributed by atoms with Gasteiger partial charge >= 0.3 is 0 Å². The van der Waals surface area contributed by atoms with Crippen molar-refractivity contribution in [2.24, 2.45) is 5.73 Å². The second-order valence-corrected chi connectivity index (χ2v) is 4.84. The summed E-state index contributed by atoms with van der Waals surface area (Å²) in [6.45, 7) is 0.559. The minimum atomic E-state index is -0.176. The molecule has 4 heteroatoms. The zero-order valence-electron chi connectivity index (χ0n) is 9.78. The lowest BCUT2D eigenvalue weighted by Crippen LogP contribution is -2.55. The van der Waals surface area contributed by atoms with E-state index in [4.69, 9.17) is 10.8 Å². The summed E-state index contributed by atoms with van der Waals surface area (Å²) in [4.78, 5) is 11.7. The van der Waals surface area contributed by atoms with Gasteiger partial charge in [-0.15, -0.1) is 0 Å². The number of hydrogen-bond donors (Lipinski definition) is 3. The van der Waals surface area contributed by atoms with E-state index in [1.54, 1.807) is 24.3 Å². The van der Waals surface area contributed by atoms with E-state index in [0.717, 1.165) is 24.8 Å². The number of rotatable bonds is 4. The Hall–Kier alpha value is -1.55. The number of hydrogen-bond acceptors (Lipinski definition) is 3. The molecule has 1 amide bonds. The molecule has 0 radical (unpaired) electrons. The average molecular weight is 234 g/mol. The highest BCUT2D eigenvalue weighted by atomic mass is 16.3. The molecule has 1 aliphatic rings. The Morgan fingerprint density at radius 2 is 2.00 bits per heavy atom. The monoisotopic (exact) mass is 234 g/mol. The summed E-state index contributed by atoms with van der Waals surface area (Å²) in [6.07, 6.45) is 3.47. The molecule has 1 fully saturated rings. The van der Waals surface area contributed by atoms with E-state index < -0.39 is 0 Å². The Balaban J connectivity index is 1.79. The molecule has 0 unspecified atom stereocenters. The molecule has 0 bridgehead atoms. The molecule has 17 heavy (non-hydrogen) atoms. The van der Waals surface area contributed by atoms with Gasteiger partial charge in [-0.25, -0.2) is 0 Å². The fourth-order valence-electron chi connectivity index (χ4n) is 1.94. The van der Waals surface area contributed by atoms with Gasteiger partial charge in [0.2, 0.25) is 5.91 Å². The van der Waals surface area contributed by atoms with Crippen LogP contribution in [0.2, 0.25) is 0 Å². The van der Waals surface area contributed by atoms with Gasteiger partial charge in [0.05, 0.1) is 6.42 Å². The Kier molecular flexibility index (Phi) is 3.33. The average Bonchev–Trinajstić information content (AvgIpc) is 2.27. The van der Waals surface area contributed by atoms with Gasteiger partial charge in [0.15, 0.2) is 0 Å². The molecule has 1 aliphatic carbocycles. The van der Waals surface area contributed by atoms with Crippen molar-refractivity contribution in [1.29, 1.82) is 0 Å². The quantitative estimate of drug-likeness (QED) is 0.725. The zero-order chi connectivity index (χ0) is 12.3. The van der Waals surface area contributed by atoms with E-state index in [9.17, 15) is 4.79 Å². The maximum absolute atomic E-state index is 11.7. The van der Waals surface area contributed by atoms with Gasteiger partial charge in [-0.1, -0.05) is 12.1 Å². The number of benzene rings is 1. The molecular formula is C13H18N2O2. The van der Waals surface area contributed by atoms with Crippen LogP contribution in [0, 0.1) is 0 Å². The summed E-state index contributed by atoms with van der Waals surface area (Å²) in [5, 5.41) is 12.0. The molecule has 1 aromatic rings. The third kappa shape index (κ3) is 3.20. The van der Waals surface area contributed by atoms with Crippen molar-refractivity contribution in [3.63, 3.8) is 0 Å². The number of phenolic OH excluding ortho intramolecular Hbond substituents is 1. The lowest BCUT2D eigenvalue weighted by molar-refractivity contribution is -0.120. The molecule has 4 nitrogen and oxygen atoms in total. The number of amides is 1. The van der Waals surface area contributed by atoms with Crippen molar-refractivity contribution in [1.82, 2.24) is 5.32 Å². The third-order valence-electron chi connectivity index (χ3n) is 3.29. The van der Waals surface area contributed by atoms with E-state index in [-0.39, 0.29) is 17.2 Å². The molecule has 4 N–H and O–H groups in total. The topological polar surface area (TPSA) is 75.3 Å². The standard InChI is InChI=1S/C13H18N2O2/c14-13(6-1-7-13)9-15-12(17)8-10-2-4-11(16)5-3-10/h2-5,16H,1,6-9,14H2,(H,15,17). The molecule has 0 spiro atoms. The lowest BCUT2D eigenvalue weighted by atomic mass is 9.78. The van der Waals surface area contributed by atoms with E-state index >= 15 is 0 Å². The first-order valence-electron chi connectivity index (χ1n) is 5.91. The normalized spacial score (nSPS) is 17.2. The first kappa shape index (κ1) is 11.9. The highest BCUT2D eigenvalue weighted by Crippen LogP contribution is 2.28. The molecule has 1 saturated carbocycles. The van der Waals surface area contributed by atoms with Crippen LogP contribution in [0.4, 0.5) is 0 Å². The molecule has 0 heterocycles. The number of phenols is 1. The van der Waals surface area contributed by atoms with E-state index in [1.807, 2.05) is 0 Å². The predicted molar refractivity (Wildman–Crippen MR) is 65.6 cm³/mol. The second-order valence-electron chi connectivity index (χ2n) is 4.84. The molecule has 0 atom stereocenters. The van der Waals surface area contributed by atoms with Crippen molar-refractivity contribution in [2.75, 3.05) is 6.54 Å². The molecular weight excluding hydrogens is 216 g/mol. The van der Waals surface area contributed by atoms with E-state index in [2.05, 4.69) is 5.32 Å². The highest BCUT2D eigenvalue weighted by molar-refractivity contribution is 5.78. The number of nitrogens with two attached hydrogens (primary N) is 1. The van der Waals surface area contributed by atoms with Crippen molar-refractivity contribution in [2.45, 2.75) is 31.2 Å². The summed E-state index contributed by atoms with van der Waals surface area (Å²) in [7, 11) is 0. The van der Waals surface area contributed by atoms with Gasteiger partial charge in [-0.2, -0.15) is 0 Å². The van der Waals surface area contributed by atoms with Crippen LogP contribution >= 0.6 is 0 Å². The fourth-order valence-corrected chi connectivity index (χ4v) is 1.94. The van der Waals surface area contributed by atoms with Crippen molar-refractivity contribution in [3.05, 3.63) is 29.8 Å². The first-order chi connectivity index (χ1) is 8.07. The van der Waals surface area contributed by atoms with E-state index in [1.165, 1.54) is 0 Å². The molecule has 0 aliphatic heterocycles. The molecule has 0 aromatic heterocycles. The number of nitrogens with one attached hydrogen (secondary N) is 1. The Bertz CT molecular complexity index is 396. The lowest BCUT2D eigenvalue weighted by Gasteiger charge is -2.38. The minimum absolute atomic E-state index is 0.0209. The second kappa shape index (κ2) is 4.75. The van der Waals surface area contributed by atoms with Crippen LogP contribution in [-0.4, -0.2) is 23.1 Å². The van der Waals surface area contributed by atoms with Crippen molar-refractivity contribution >= 4 is 5.91 Å².